The predicted octanol–water partition coefficient (Wildman–Crippen LogP) is 1.90. The first-order valence-corrected chi connectivity index (χ1v) is 8.40. The van der Waals surface area contributed by atoms with Crippen molar-refractivity contribution in [1.29, 1.82) is 0 Å². The third-order valence-electron chi connectivity index (χ3n) is 3.40. The zero-order valence-corrected chi connectivity index (χ0v) is 14.2. The molecule has 7 heteroatoms. The van der Waals surface area contributed by atoms with Gasteiger partial charge in [-0.25, -0.2) is 0 Å². The Hall–Kier alpha value is -2.02. The van der Waals surface area contributed by atoms with Crippen LogP contribution in [0.3, 0.4) is 0 Å². The highest BCUT2D eigenvalue weighted by Crippen LogP contribution is 2.27. The normalized spacial score (nSPS) is 21.3. The molecular formula is C16H20N2O4S. The number of nitrogens with zero attached hydrogens (tertiary/aromatic N) is 1. The quantitative estimate of drug-likeness (QED) is 0.831. The second-order valence-electron chi connectivity index (χ2n) is 5.16. The van der Waals surface area contributed by atoms with Gasteiger partial charge < -0.3 is 10.1 Å². The lowest BCUT2D eigenvalue weighted by Crippen LogP contribution is -2.52. The lowest BCUT2D eigenvalue weighted by atomic mass is 10.2. The number of anilines is 1. The molecule has 1 fully saturated rings. The molecule has 2 rings (SSSR count). The molecule has 2 atom stereocenters. The van der Waals surface area contributed by atoms with Crippen molar-refractivity contribution in [3.63, 3.8) is 0 Å². The Morgan fingerprint density at radius 1 is 1.22 bits per heavy atom. The van der Waals surface area contributed by atoms with E-state index < -0.39 is 5.91 Å². The predicted molar refractivity (Wildman–Crippen MR) is 89.5 cm³/mol. The maximum atomic E-state index is 12.2. The van der Waals surface area contributed by atoms with Crippen LogP contribution in [0.2, 0.25) is 0 Å². The number of imide groups is 1. The summed E-state index contributed by atoms with van der Waals surface area (Å²) in [5.41, 5.74) is 0.520. The van der Waals surface area contributed by atoms with Gasteiger partial charge in [0.05, 0.1) is 22.8 Å². The number of nitrogens with one attached hydrogen (secondary N) is 1. The fourth-order valence-electron chi connectivity index (χ4n) is 2.31. The highest BCUT2D eigenvalue weighted by Gasteiger charge is 2.38. The Kier molecular flexibility index (Phi) is 5.65. The van der Waals surface area contributed by atoms with Crippen molar-refractivity contribution in [2.24, 2.45) is 0 Å². The molecule has 0 bridgehead atoms. The van der Waals surface area contributed by atoms with E-state index in [1.165, 1.54) is 11.8 Å². The first-order valence-electron chi connectivity index (χ1n) is 7.46. The molecule has 0 aromatic heterocycles. The number of rotatable bonds is 5. The molecule has 0 spiro atoms. The Labute approximate surface area is 139 Å². The van der Waals surface area contributed by atoms with E-state index in [2.05, 4.69) is 5.32 Å². The minimum absolute atomic E-state index is 0.284. The molecule has 1 aliphatic rings. The van der Waals surface area contributed by atoms with Crippen LogP contribution >= 0.6 is 11.8 Å². The molecule has 6 nitrogen and oxygen atoms in total. The van der Waals surface area contributed by atoms with Gasteiger partial charge in [0.15, 0.2) is 0 Å². The third kappa shape index (κ3) is 4.04. The van der Waals surface area contributed by atoms with Crippen LogP contribution in [-0.4, -0.2) is 46.3 Å². The molecule has 0 saturated carbocycles. The molecule has 124 valence electrons. The number of para-hydroxylation sites is 2. The first kappa shape index (κ1) is 17.3. The molecule has 0 radical (unpaired) electrons. The molecule has 1 aromatic rings. The summed E-state index contributed by atoms with van der Waals surface area (Å²) >= 11 is 1.31. The number of amides is 3. The van der Waals surface area contributed by atoms with E-state index in [4.69, 9.17) is 4.74 Å². The Bertz CT molecular complexity index is 600. The van der Waals surface area contributed by atoms with E-state index in [0.717, 1.165) is 4.90 Å². The lowest BCUT2D eigenvalue weighted by Gasteiger charge is -2.31. The van der Waals surface area contributed by atoms with Crippen LogP contribution in [0.15, 0.2) is 24.3 Å². The zero-order chi connectivity index (χ0) is 17.0. The topological polar surface area (TPSA) is 75.7 Å². The summed E-state index contributed by atoms with van der Waals surface area (Å²) < 4.78 is 5.44. The minimum atomic E-state index is -0.426. The van der Waals surface area contributed by atoms with Gasteiger partial charge in [-0.2, -0.15) is 0 Å². The van der Waals surface area contributed by atoms with Gasteiger partial charge in [0, 0.05) is 0 Å². The van der Waals surface area contributed by atoms with Gasteiger partial charge >= 0.3 is 0 Å². The summed E-state index contributed by atoms with van der Waals surface area (Å²) in [4.78, 5) is 37.5. The number of hydrogen-bond acceptors (Lipinski definition) is 5. The fourth-order valence-corrected chi connectivity index (χ4v) is 3.41. The smallest absolute Gasteiger partial charge is 0.244 e. The van der Waals surface area contributed by atoms with E-state index >= 15 is 0 Å². The molecular weight excluding hydrogens is 316 g/mol. The summed E-state index contributed by atoms with van der Waals surface area (Å²) in [6.07, 6.45) is 0. The van der Waals surface area contributed by atoms with E-state index in [1.54, 1.807) is 38.1 Å². The maximum Gasteiger partial charge on any atom is 0.244 e. The van der Waals surface area contributed by atoms with E-state index in [0.29, 0.717) is 18.0 Å². The first-order chi connectivity index (χ1) is 10.9. The second-order valence-corrected chi connectivity index (χ2v) is 6.85. The Morgan fingerprint density at radius 2 is 1.83 bits per heavy atom. The molecule has 0 aliphatic carbocycles. The molecule has 1 aliphatic heterocycles. The molecule has 1 N–H and O–H groups in total. The Balaban J connectivity index is 2.07. The molecule has 3 amide bonds. The summed E-state index contributed by atoms with van der Waals surface area (Å²) in [6, 6.07) is 7.04. The van der Waals surface area contributed by atoms with Gasteiger partial charge in [-0.3, -0.25) is 19.3 Å². The van der Waals surface area contributed by atoms with Gasteiger partial charge in [-0.15, -0.1) is 11.8 Å². The van der Waals surface area contributed by atoms with Gasteiger partial charge in [-0.1, -0.05) is 12.1 Å². The summed E-state index contributed by atoms with van der Waals surface area (Å²) in [5, 5.41) is 2.04. The van der Waals surface area contributed by atoms with Crippen LogP contribution in [0.4, 0.5) is 5.69 Å². The molecule has 1 aromatic carbocycles. The standard InChI is InChI=1S/C16H20N2O4S/c1-4-22-13-8-6-5-7-12(13)17-14(19)9-18-15(20)10(2)23-11(3)16(18)21/h5-8,10-11H,4,9H2,1-3H3,(H,17,19)/t10-,11+. The van der Waals surface area contributed by atoms with Crippen molar-refractivity contribution >= 4 is 35.2 Å². The fraction of sp³-hybridized carbons (Fsp3) is 0.438. The highest BCUT2D eigenvalue weighted by atomic mass is 32.2. The van der Waals surface area contributed by atoms with Crippen molar-refractivity contribution in [2.45, 2.75) is 31.3 Å². The molecule has 1 saturated heterocycles. The van der Waals surface area contributed by atoms with Crippen molar-refractivity contribution < 1.29 is 19.1 Å². The zero-order valence-electron chi connectivity index (χ0n) is 13.4. The van der Waals surface area contributed by atoms with Crippen LogP contribution in [0.25, 0.3) is 0 Å². The summed E-state index contributed by atoms with van der Waals surface area (Å²) in [7, 11) is 0. The van der Waals surface area contributed by atoms with Gasteiger partial charge in [0.25, 0.3) is 0 Å². The van der Waals surface area contributed by atoms with Gasteiger partial charge in [-0.05, 0) is 32.9 Å². The maximum absolute atomic E-state index is 12.2. The van der Waals surface area contributed by atoms with Crippen molar-refractivity contribution in [3.05, 3.63) is 24.3 Å². The third-order valence-corrected chi connectivity index (χ3v) is 4.62. The SMILES string of the molecule is CCOc1ccccc1NC(=O)CN1C(=O)[C@H](C)S[C@H](C)C1=O. The number of hydrogen-bond donors (Lipinski definition) is 1. The molecule has 23 heavy (non-hydrogen) atoms. The number of carbonyl (C=O) groups excluding carboxylic acids is 3. The average Bonchev–Trinajstić information content (AvgIpc) is 2.52. The monoisotopic (exact) mass is 336 g/mol. The Morgan fingerprint density at radius 3 is 2.43 bits per heavy atom. The second kappa shape index (κ2) is 7.50. The molecule has 1 heterocycles. The van der Waals surface area contributed by atoms with E-state index in [-0.39, 0.29) is 28.9 Å². The van der Waals surface area contributed by atoms with Gasteiger partial charge in [0.2, 0.25) is 17.7 Å². The highest BCUT2D eigenvalue weighted by molar-refractivity contribution is 8.02. The average molecular weight is 336 g/mol. The largest absolute Gasteiger partial charge is 0.492 e. The molecule has 0 unspecified atom stereocenters. The van der Waals surface area contributed by atoms with Crippen molar-refractivity contribution in [1.82, 2.24) is 4.90 Å². The number of ether oxygens (including phenoxy) is 1. The summed E-state index contributed by atoms with van der Waals surface area (Å²) in [5.74, 6) is -0.528. The summed E-state index contributed by atoms with van der Waals surface area (Å²) in [6.45, 7) is 5.52. The number of benzene rings is 1. The minimum Gasteiger partial charge on any atom is -0.492 e. The van der Waals surface area contributed by atoms with Crippen LogP contribution in [0.1, 0.15) is 20.8 Å². The van der Waals surface area contributed by atoms with E-state index in [1.807, 2.05) is 6.92 Å². The van der Waals surface area contributed by atoms with Crippen LogP contribution < -0.4 is 10.1 Å². The van der Waals surface area contributed by atoms with Crippen molar-refractivity contribution in [2.75, 3.05) is 18.5 Å². The van der Waals surface area contributed by atoms with Gasteiger partial charge in [0.1, 0.15) is 12.3 Å². The van der Waals surface area contributed by atoms with E-state index in [9.17, 15) is 14.4 Å². The van der Waals surface area contributed by atoms with Crippen LogP contribution in [0, 0.1) is 0 Å². The van der Waals surface area contributed by atoms with Crippen LogP contribution in [-0.2, 0) is 14.4 Å². The van der Waals surface area contributed by atoms with Crippen molar-refractivity contribution in [3.8, 4) is 5.75 Å². The van der Waals surface area contributed by atoms with Crippen LogP contribution in [0.5, 0.6) is 5.75 Å². The number of thioether (sulfide) groups is 1. The number of carbonyl (C=O) groups is 3. The lowest BCUT2D eigenvalue weighted by molar-refractivity contribution is -0.147.